The Bertz CT molecular complexity index is 1670. The van der Waals surface area contributed by atoms with E-state index in [1.54, 1.807) is 24.4 Å². The second-order valence-electron chi connectivity index (χ2n) is 9.40. The largest absolute Gasteiger partial charge is 0.347 e. The number of amides is 1. The highest BCUT2D eigenvalue weighted by atomic mass is 35.5. The number of carbonyl (C=O) groups excluding carboxylic acids is 1. The highest BCUT2D eigenvalue weighted by molar-refractivity contribution is 6.30. The quantitative estimate of drug-likeness (QED) is 0.162. The highest BCUT2D eigenvalue weighted by Crippen LogP contribution is 2.42. The third-order valence-corrected chi connectivity index (χ3v) is 7.46. The SMILES string of the molecule is O=C(NCc1ccc(Cl)cc1)c1nn(C(c2ccccc2)(c2ccccc2)c2ccccc2)c2cc(Cl)ncc12. The van der Waals surface area contributed by atoms with Crippen LogP contribution >= 0.6 is 23.2 Å². The Balaban J connectivity index is 1.60. The third kappa shape index (κ3) is 4.64. The number of halogens is 2. The fourth-order valence-corrected chi connectivity index (χ4v) is 5.46. The molecule has 0 atom stereocenters. The molecule has 2 heterocycles. The van der Waals surface area contributed by atoms with Crippen LogP contribution in [-0.4, -0.2) is 20.7 Å². The van der Waals surface area contributed by atoms with Crippen molar-refractivity contribution < 1.29 is 4.79 Å². The predicted octanol–water partition coefficient (Wildman–Crippen LogP) is 7.51. The molecule has 1 N–H and O–H groups in total. The third-order valence-electron chi connectivity index (χ3n) is 7.01. The number of rotatable bonds is 7. The first-order chi connectivity index (χ1) is 19.6. The molecule has 5 nitrogen and oxygen atoms in total. The molecule has 6 aromatic rings. The first-order valence-electron chi connectivity index (χ1n) is 12.8. The summed E-state index contributed by atoms with van der Waals surface area (Å²) in [7, 11) is 0. The van der Waals surface area contributed by atoms with Gasteiger partial charge in [0.2, 0.25) is 0 Å². The van der Waals surface area contributed by atoms with E-state index in [0.29, 0.717) is 27.6 Å². The van der Waals surface area contributed by atoms with Crippen molar-refractivity contribution in [2.75, 3.05) is 0 Å². The van der Waals surface area contributed by atoms with Gasteiger partial charge in [0, 0.05) is 23.8 Å². The molecule has 0 aliphatic heterocycles. The van der Waals surface area contributed by atoms with Gasteiger partial charge in [-0.3, -0.25) is 4.79 Å². The standard InChI is InChI=1S/C33H24Cl2N4O/c34-27-18-16-23(17-19-27)21-37-32(40)31-28-22-36-30(35)20-29(28)39(38-31)33(24-10-4-1-5-11-24,25-12-6-2-7-13-25)26-14-8-3-9-15-26/h1-20,22H,21H2,(H,37,40). The molecule has 0 fully saturated rings. The van der Waals surface area contributed by atoms with Crippen LogP contribution < -0.4 is 5.32 Å². The van der Waals surface area contributed by atoms with Gasteiger partial charge in [-0.1, -0.05) is 126 Å². The molecule has 196 valence electrons. The highest BCUT2D eigenvalue weighted by Gasteiger charge is 2.41. The number of nitrogens with one attached hydrogen (secondary N) is 1. The van der Waals surface area contributed by atoms with Gasteiger partial charge in [0.15, 0.2) is 5.69 Å². The smallest absolute Gasteiger partial charge is 0.272 e. The average molecular weight is 563 g/mol. The maximum atomic E-state index is 13.7. The molecule has 0 radical (unpaired) electrons. The van der Waals surface area contributed by atoms with E-state index < -0.39 is 5.54 Å². The molecule has 0 aliphatic carbocycles. The van der Waals surface area contributed by atoms with Gasteiger partial charge in [-0.2, -0.15) is 5.10 Å². The molecule has 0 saturated carbocycles. The summed E-state index contributed by atoms with van der Waals surface area (Å²) in [6, 6.07) is 39.6. The van der Waals surface area contributed by atoms with Crippen molar-refractivity contribution in [1.82, 2.24) is 20.1 Å². The predicted molar refractivity (Wildman–Crippen MR) is 160 cm³/mol. The average Bonchev–Trinajstić information content (AvgIpc) is 3.38. The van der Waals surface area contributed by atoms with Gasteiger partial charge in [-0.05, 0) is 34.4 Å². The molecule has 2 aromatic heterocycles. The maximum absolute atomic E-state index is 13.7. The number of hydrogen-bond acceptors (Lipinski definition) is 3. The lowest BCUT2D eigenvalue weighted by molar-refractivity contribution is 0.0946. The van der Waals surface area contributed by atoms with E-state index >= 15 is 0 Å². The van der Waals surface area contributed by atoms with Crippen LogP contribution in [0.15, 0.2) is 128 Å². The topological polar surface area (TPSA) is 59.8 Å². The zero-order valence-electron chi connectivity index (χ0n) is 21.3. The van der Waals surface area contributed by atoms with Gasteiger partial charge < -0.3 is 5.32 Å². The van der Waals surface area contributed by atoms with Crippen molar-refractivity contribution in [2.45, 2.75) is 12.1 Å². The molecule has 0 saturated heterocycles. The molecule has 0 aliphatic rings. The minimum absolute atomic E-state index is 0.264. The summed E-state index contributed by atoms with van der Waals surface area (Å²) in [5.74, 6) is -0.314. The van der Waals surface area contributed by atoms with Crippen molar-refractivity contribution in [3.63, 3.8) is 0 Å². The zero-order valence-corrected chi connectivity index (χ0v) is 22.8. The van der Waals surface area contributed by atoms with Crippen molar-refractivity contribution in [3.05, 3.63) is 166 Å². The Morgan fingerprint density at radius 1 is 0.750 bits per heavy atom. The van der Waals surface area contributed by atoms with Gasteiger partial charge in [0.1, 0.15) is 10.7 Å². The van der Waals surface area contributed by atoms with Crippen LogP contribution in [0.3, 0.4) is 0 Å². The summed E-state index contributed by atoms with van der Waals surface area (Å²) in [6.07, 6.45) is 1.62. The second kappa shape index (κ2) is 11.0. The van der Waals surface area contributed by atoms with Crippen LogP contribution in [0.4, 0.5) is 0 Å². The Labute approximate surface area is 242 Å². The molecule has 0 spiro atoms. The van der Waals surface area contributed by atoms with E-state index in [2.05, 4.69) is 46.7 Å². The summed E-state index contributed by atoms with van der Waals surface area (Å²) < 4.78 is 1.91. The molecular formula is C33H24Cl2N4O. The fourth-order valence-electron chi connectivity index (χ4n) is 5.18. The number of pyridine rings is 1. The first kappa shape index (κ1) is 25.8. The Morgan fingerprint density at radius 2 is 1.27 bits per heavy atom. The molecule has 40 heavy (non-hydrogen) atoms. The van der Waals surface area contributed by atoms with Gasteiger partial charge >= 0.3 is 0 Å². The molecule has 0 bridgehead atoms. The summed E-state index contributed by atoms with van der Waals surface area (Å²) in [6.45, 7) is 0.326. The van der Waals surface area contributed by atoms with Gasteiger partial charge in [-0.15, -0.1) is 0 Å². The van der Waals surface area contributed by atoms with Crippen LogP contribution in [0.1, 0.15) is 32.7 Å². The van der Waals surface area contributed by atoms with E-state index in [1.807, 2.05) is 71.4 Å². The molecule has 1 amide bonds. The van der Waals surface area contributed by atoms with E-state index in [9.17, 15) is 4.79 Å². The summed E-state index contributed by atoms with van der Waals surface area (Å²) in [5, 5.41) is 9.60. The normalized spacial score (nSPS) is 11.4. The van der Waals surface area contributed by atoms with Crippen molar-refractivity contribution in [2.24, 2.45) is 0 Å². The van der Waals surface area contributed by atoms with E-state index in [4.69, 9.17) is 28.3 Å². The number of aromatic nitrogens is 3. The second-order valence-corrected chi connectivity index (χ2v) is 10.2. The van der Waals surface area contributed by atoms with Crippen LogP contribution in [0.2, 0.25) is 10.2 Å². The Morgan fingerprint density at radius 3 is 1.80 bits per heavy atom. The Hall–Kier alpha value is -4.45. The molecule has 6 rings (SSSR count). The monoisotopic (exact) mass is 562 g/mol. The molecule has 7 heteroatoms. The number of nitrogens with zero attached hydrogens (tertiary/aromatic N) is 3. The van der Waals surface area contributed by atoms with Crippen LogP contribution in [0.5, 0.6) is 0 Å². The van der Waals surface area contributed by atoms with Crippen LogP contribution in [0.25, 0.3) is 10.9 Å². The van der Waals surface area contributed by atoms with Gasteiger partial charge in [0.05, 0.1) is 10.9 Å². The maximum Gasteiger partial charge on any atom is 0.272 e. The number of carbonyl (C=O) groups is 1. The van der Waals surface area contributed by atoms with E-state index in [1.165, 1.54) is 0 Å². The lowest BCUT2D eigenvalue weighted by atomic mass is 9.77. The van der Waals surface area contributed by atoms with Crippen molar-refractivity contribution >= 4 is 40.0 Å². The molecule has 4 aromatic carbocycles. The summed E-state index contributed by atoms with van der Waals surface area (Å²) >= 11 is 12.5. The van der Waals surface area contributed by atoms with Crippen molar-refractivity contribution in [3.8, 4) is 0 Å². The Kier molecular flexibility index (Phi) is 7.08. The van der Waals surface area contributed by atoms with Crippen LogP contribution in [0, 0.1) is 0 Å². The minimum atomic E-state index is -0.915. The number of fused-ring (bicyclic) bond motifs is 1. The molecular weight excluding hydrogens is 539 g/mol. The van der Waals surface area contributed by atoms with E-state index in [0.717, 1.165) is 22.3 Å². The zero-order chi connectivity index (χ0) is 27.5. The minimum Gasteiger partial charge on any atom is -0.347 e. The van der Waals surface area contributed by atoms with Gasteiger partial charge in [0.25, 0.3) is 5.91 Å². The van der Waals surface area contributed by atoms with Crippen molar-refractivity contribution in [1.29, 1.82) is 0 Å². The summed E-state index contributed by atoms with van der Waals surface area (Å²) in [4.78, 5) is 18.0. The van der Waals surface area contributed by atoms with E-state index in [-0.39, 0.29) is 11.6 Å². The first-order valence-corrected chi connectivity index (χ1v) is 13.6. The lowest BCUT2D eigenvalue weighted by Crippen LogP contribution is -2.39. The molecule has 0 unspecified atom stereocenters. The fraction of sp³-hybridized carbons (Fsp3) is 0.0606. The van der Waals surface area contributed by atoms with Crippen LogP contribution in [-0.2, 0) is 12.1 Å². The summed E-state index contributed by atoms with van der Waals surface area (Å²) in [5.41, 5.74) is 3.92. The van der Waals surface area contributed by atoms with Gasteiger partial charge in [-0.25, -0.2) is 9.67 Å². The number of hydrogen-bond donors (Lipinski definition) is 1. The number of benzene rings is 4. The lowest BCUT2D eigenvalue weighted by Gasteiger charge is -2.37.